The summed E-state index contributed by atoms with van der Waals surface area (Å²) in [5, 5.41) is 2.95. The first-order valence-corrected chi connectivity index (χ1v) is 4.37. The Labute approximate surface area is 81.4 Å². The molecule has 2 rings (SSSR count). The Balaban J connectivity index is 2.02. The highest BCUT2D eigenvalue weighted by Crippen LogP contribution is 2.13. The van der Waals surface area contributed by atoms with Crippen molar-refractivity contribution >= 4 is 5.69 Å². The van der Waals surface area contributed by atoms with E-state index in [1.807, 2.05) is 6.07 Å². The van der Waals surface area contributed by atoms with Crippen LogP contribution in [0.4, 0.5) is 10.1 Å². The fraction of sp³-hybridized carbons (Fsp3) is 0.0909. The molecule has 1 N–H and O–H groups in total. The maximum absolute atomic E-state index is 13.1. The molecule has 0 aliphatic heterocycles. The smallest absolute Gasteiger partial charge is 0.146 e. The van der Waals surface area contributed by atoms with Crippen LogP contribution in [0.5, 0.6) is 0 Å². The highest BCUT2D eigenvalue weighted by Gasteiger charge is 2.00. The minimum absolute atomic E-state index is 0.251. The molecule has 0 saturated heterocycles. The Morgan fingerprint density at radius 1 is 1.14 bits per heavy atom. The molecule has 1 heterocycles. The van der Waals surface area contributed by atoms with E-state index >= 15 is 0 Å². The molecule has 0 aliphatic rings. The Kier molecular flexibility index (Phi) is 2.49. The molecule has 14 heavy (non-hydrogen) atoms. The second-order valence-electron chi connectivity index (χ2n) is 2.91. The molecule has 0 spiro atoms. The van der Waals surface area contributed by atoms with Crippen LogP contribution in [0, 0.1) is 5.82 Å². The largest absolute Gasteiger partial charge is 0.467 e. The number of halogens is 1. The summed E-state index contributed by atoms with van der Waals surface area (Å²) in [5.74, 6) is 0.535. The van der Waals surface area contributed by atoms with Crippen molar-refractivity contribution in [2.45, 2.75) is 6.54 Å². The molecule has 0 saturated carbocycles. The van der Waals surface area contributed by atoms with E-state index in [0.717, 1.165) is 5.76 Å². The van der Waals surface area contributed by atoms with Gasteiger partial charge in [-0.15, -0.1) is 0 Å². The molecule has 1 aromatic heterocycles. The zero-order valence-electron chi connectivity index (χ0n) is 7.53. The van der Waals surface area contributed by atoms with Crippen LogP contribution >= 0.6 is 0 Å². The summed E-state index contributed by atoms with van der Waals surface area (Å²) >= 11 is 0. The first kappa shape index (κ1) is 8.81. The number of hydrogen-bond donors (Lipinski definition) is 1. The average Bonchev–Trinajstić information content (AvgIpc) is 2.69. The number of benzene rings is 1. The van der Waals surface area contributed by atoms with Crippen LogP contribution in [0.25, 0.3) is 0 Å². The topological polar surface area (TPSA) is 25.2 Å². The maximum atomic E-state index is 13.1. The number of nitrogens with one attached hydrogen (secondary N) is 1. The van der Waals surface area contributed by atoms with Gasteiger partial charge in [-0.2, -0.15) is 0 Å². The van der Waals surface area contributed by atoms with Crippen LogP contribution in [0.1, 0.15) is 5.76 Å². The summed E-state index contributed by atoms with van der Waals surface area (Å²) < 4.78 is 18.2. The summed E-state index contributed by atoms with van der Waals surface area (Å²) in [5.41, 5.74) is 0.490. The molecule has 72 valence electrons. The Hall–Kier alpha value is -1.77. The average molecular weight is 191 g/mol. The highest BCUT2D eigenvalue weighted by atomic mass is 19.1. The zero-order chi connectivity index (χ0) is 9.80. The van der Waals surface area contributed by atoms with Crippen molar-refractivity contribution in [3.63, 3.8) is 0 Å². The SMILES string of the molecule is Fc1ccccc1NCc1ccco1. The van der Waals surface area contributed by atoms with Gasteiger partial charge in [-0.1, -0.05) is 12.1 Å². The molecule has 0 radical (unpaired) electrons. The van der Waals surface area contributed by atoms with Gasteiger partial charge >= 0.3 is 0 Å². The quantitative estimate of drug-likeness (QED) is 0.806. The van der Waals surface area contributed by atoms with Crippen LogP contribution < -0.4 is 5.32 Å². The van der Waals surface area contributed by atoms with Crippen molar-refractivity contribution in [2.24, 2.45) is 0 Å². The third kappa shape index (κ3) is 1.93. The van der Waals surface area contributed by atoms with Gasteiger partial charge < -0.3 is 9.73 Å². The van der Waals surface area contributed by atoms with Crippen molar-refractivity contribution in [3.05, 3.63) is 54.2 Å². The van der Waals surface area contributed by atoms with Gasteiger partial charge in [0.2, 0.25) is 0 Å². The summed E-state index contributed by atoms with van der Waals surface area (Å²) in [6.07, 6.45) is 1.60. The zero-order valence-corrected chi connectivity index (χ0v) is 7.53. The van der Waals surface area contributed by atoms with Gasteiger partial charge in [-0.05, 0) is 24.3 Å². The van der Waals surface area contributed by atoms with Crippen LogP contribution in [0.15, 0.2) is 47.1 Å². The van der Waals surface area contributed by atoms with Crippen molar-refractivity contribution in [1.82, 2.24) is 0 Å². The summed E-state index contributed by atoms with van der Waals surface area (Å²) in [6, 6.07) is 10.2. The molecule has 3 heteroatoms. The van der Waals surface area contributed by atoms with Crippen molar-refractivity contribution in [2.75, 3.05) is 5.32 Å². The van der Waals surface area contributed by atoms with Gasteiger partial charge in [0.15, 0.2) is 0 Å². The third-order valence-corrected chi connectivity index (χ3v) is 1.91. The highest BCUT2D eigenvalue weighted by molar-refractivity contribution is 5.44. The molecular weight excluding hydrogens is 181 g/mol. The van der Waals surface area contributed by atoms with Gasteiger partial charge in [-0.3, -0.25) is 0 Å². The van der Waals surface area contributed by atoms with E-state index in [1.54, 1.807) is 30.5 Å². The molecule has 0 atom stereocenters. The fourth-order valence-corrected chi connectivity index (χ4v) is 1.20. The van der Waals surface area contributed by atoms with Crippen LogP contribution in [-0.2, 0) is 6.54 Å². The Morgan fingerprint density at radius 2 is 2.00 bits per heavy atom. The van der Waals surface area contributed by atoms with Gasteiger partial charge in [0, 0.05) is 0 Å². The lowest BCUT2D eigenvalue weighted by Crippen LogP contribution is -1.99. The van der Waals surface area contributed by atoms with Gasteiger partial charge in [-0.25, -0.2) is 4.39 Å². The first-order chi connectivity index (χ1) is 6.86. The Morgan fingerprint density at radius 3 is 2.71 bits per heavy atom. The van der Waals surface area contributed by atoms with E-state index in [9.17, 15) is 4.39 Å². The molecule has 0 amide bonds. The van der Waals surface area contributed by atoms with Crippen LogP contribution in [0.3, 0.4) is 0 Å². The van der Waals surface area contributed by atoms with Crippen molar-refractivity contribution < 1.29 is 8.81 Å². The monoisotopic (exact) mass is 191 g/mol. The second-order valence-corrected chi connectivity index (χ2v) is 2.91. The third-order valence-electron chi connectivity index (χ3n) is 1.91. The summed E-state index contributed by atoms with van der Waals surface area (Å²) in [6.45, 7) is 0.494. The number of anilines is 1. The number of rotatable bonds is 3. The Bertz CT molecular complexity index is 397. The number of hydrogen-bond acceptors (Lipinski definition) is 2. The van der Waals surface area contributed by atoms with E-state index in [2.05, 4.69) is 5.32 Å². The van der Waals surface area contributed by atoms with E-state index in [4.69, 9.17) is 4.42 Å². The standard InChI is InChI=1S/C11H10FNO/c12-10-5-1-2-6-11(10)13-8-9-4-3-7-14-9/h1-7,13H,8H2. The molecule has 0 fully saturated rings. The lowest BCUT2D eigenvalue weighted by molar-refractivity contribution is 0.517. The van der Waals surface area contributed by atoms with E-state index in [0.29, 0.717) is 12.2 Å². The summed E-state index contributed by atoms with van der Waals surface area (Å²) in [7, 11) is 0. The van der Waals surface area contributed by atoms with Crippen molar-refractivity contribution in [3.8, 4) is 0 Å². The fourth-order valence-electron chi connectivity index (χ4n) is 1.20. The lowest BCUT2D eigenvalue weighted by Gasteiger charge is -2.04. The van der Waals surface area contributed by atoms with Crippen LogP contribution in [0.2, 0.25) is 0 Å². The van der Waals surface area contributed by atoms with Gasteiger partial charge in [0.25, 0.3) is 0 Å². The molecule has 2 aromatic rings. The van der Waals surface area contributed by atoms with E-state index in [1.165, 1.54) is 6.07 Å². The summed E-state index contributed by atoms with van der Waals surface area (Å²) in [4.78, 5) is 0. The minimum Gasteiger partial charge on any atom is -0.467 e. The van der Waals surface area contributed by atoms with E-state index in [-0.39, 0.29) is 5.82 Å². The predicted molar refractivity (Wildman–Crippen MR) is 52.4 cm³/mol. The van der Waals surface area contributed by atoms with Crippen molar-refractivity contribution in [1.29, 1.82) is 0 Å². The van der Waals surface area contributed by atoms with Gasteiger partial charge in [0.1, 0.15) is 11.6 Å². The molecule has 2 nitrogen and oxygen atoms in total. The normalized spacial score (nSPS) is 10.1. The second kappa shape index (κ2) is 3.96. The predicted octanol–water partition coefficient (Wildman–Crippen LogP) is 3.03. The molecule has 0 unspecified atom stereocenters. The first-order valence-electron chi connectivity index (χ1n) is 4.37. The maximum Gasteiger partial charge on any atom is 0.146 e. The van der Waals surface area contributed by atoms with Crippen LogP contribution in [-0.4, -0.2) is 0 Å². The minimum atomic E-state index is -0.251. The number of furan rings is 1. The number of para-hydroxylation sites is 1. The molecule has 1 aromatic carbocycles. The lowest BCUT2D eigenvalue weighted by atomic mass is 10.3. The molecular formula is C11H10FNO. The molecule has 0 aliphatic carbocycles. The molecule has 0 bridgehead atoms. The van der Waals surface area contributed by atoms with E-state index < -0.39 is 0 Å². The van der Waals surface area contributed by atoms with Gasteiger partial charge in [0.05, 0.1) is 18.5 Å².